The minimum Gasteiger partial charge on any atom is -0.197 e. The third-order valence-corrected chi connectivity index (χ3v) is 3.01. The van der Waals surface area contributed by atoms with Crippen LogP contribution in [-0.4, -0.2) is 0 Å². The molecule has 0 heterocycles. The van der Waals surface area contributed by atoms with Crippen LogP contribution in [-0.2, 0) is 0 Å². The molecule has 15 heavy (non-hydrogen) atoms. The van der Waals surface area contributed by atoms with Gasteiger partial charge in [-0.1, -0.05) is 57.9 Å². The van der Waals surface area contributed by atoms with E-state index < -0.39 is 0 Å². The molecule has 0 radical (unpaired) electrons. The van der Waals surface area contributed by atoms with Crippen molar-refractivity contribution >= 4 is 0 Å². The van der Waals surface area contributed by atoms with E-state index in [2.05, 4.69) is 19.6 Å². The Kier molecular flexibility index (Phi) is 8.09. The monoisotopic (exact) mass is 207 g/mol. The number of allylic oxidation sites excluding steroid dienone is 1. The Morgan fingerprint density at radius 3 is 2.13 bits per heavy atom. The molecule has 0 N–H and O–H groups in total. The molecule has 0 fully saturated rings. The molecule has 1 unspecified atom stereocenters. The maximum Gasteiger partial charge on any atom is 0.0728 e. The lowest BCUT2D eigenvalue weighted by Crippen LogP contribution is -2.08. The molecule has 0 aliphatic rings. The van der Waals surface area contributed by atoms with Crippen molar-refractivity contribution in [2.75, 3.05) is 0 Å². The van der Waals surface area contributed by atoms with Crippen molar-refractivity contribution in [3.63, 3.8) is 0 Å². The molecule has 0 aliphatic carbocycles. The first-order valence-electron chi connectivity index (χ1n) is 6.23. The smallest absolute Gasteiger partial charge is 0.0728 e. The predicted molar refractivity (Wildman–Crippen MR) is 66.5 cm³/mol. The summed E-state index contributed by atoms with van der Waals surface area (Å²) in [5.74, 6) is 0. The van der Waals surface area contributed by atoms with Crippen molar-refractivity contribution < 1.29 is 0 Å². The van der Waals surface area contributed by atoms with Crippen molar-refractivity contribution in [3.8, 4) is 6.07 Å². The lowest BCUT2D eigenvalue weighted by Gasteiger charge is -2.15. The van der Waals surface area contributed by atoms with Gasteiger partial charge in [-0.25, -0.2) is 0 Å². The molecule has 0 saturated heterocycles. The van der Waals surface area contributed by atoms with Crippen molar-refractivity contribution in [1.82, 2.24) is 0 Å². The fourth-order valence-electron chi connectivity index (χ4n) is 1.65. The Hall–Kier alpha value is -0.770. The van der Waals surface area contributed by atoms with Crippen LogP contribution in [0, 0.1) is 16.7 Å². The first kappa shape index (κ1) is 14.2. The quantitative estimate of drug-likeness (QED) is 0.392. The van der Waals surface area contributed by atoms with Crippen LogP contribution in [0.15, 0.2) is 12.7 Å². The van der Waals surface area contributed by atoms with E-state index in [0.29, 0.717) is 0 Å². The van der Waals surface area contributed by atoms with Gasteiger partial charge >= 0.3 is 0 Å². The molecule has 0 aromatic rings. The number of hydrogen-bond acceptors (Lipinski definition) is 1. The highest BCUT2D eigenvalue weighted by Crippen LogP contribution is 2.24. The summed E-state index contributed by atoms with van der Waals surface area (Å²) in [5, 5.41) is 8.94. The van der Waals surface area contributed by atoms with Gasteiger partial charge in [-0.15, -0.1) is 6.58 Å². The highest BCUT2D eigenvalue weighted by Gasteiger charge is 2.17. The van der Waals surface area contributed by atoms with Crippen LogP contribution in [0.5, 0.6) is 0 Å². The molecule has 0 aromatic carbocycles. The SMILES string of the molecule is C=CC(C)(C#N)CCCCCCCCC. The second-order valence-electron chi connectivity index (χ2n) is 4.60. The van der Waals surface area contributed by atoms with Crippen LogP contribution in [0.1, 0.15) is 65.2 Å². The summed E-state index contributed by atoms with van der Waals surface area (Å²) in [4.78, 5) is 0. The summed E-state index contributed by atoms with van der Waals surface area (Å²) >= 11 is 0. The number of rotatable bonds is 9. The van der Waals surface area contributed by atoms with E-state index in [1.165, 1.54) is 38.5 Å². The number of nitrogens with zero attached hydrogens (tertiary/aromatic N) is 1. The summed E-state index contributed by atoms with van der Waals surface area (Å²) in [7, 11) is 0. The van der Waals surface area contributed by atoms with E-state index in [4.69, 9.17) is 5.26 Å². The highest BCUT2D eigenvalue weighted by atomic mass is 14.3. The number of unbranched alkanes of at least 4 members (excludes halogenated alkanes) is 6. The van der Waals surface area contributed by atoms with Crippen molar-refractivity contribution in [2.24, 2.45) is 5.41 Å². The Balaban J connectivity index is 3.39. The molecule has 0 bridgehead atoms. The van der Waals surface area contributed by atoms with Crippen molar-refractivity contribution in [2.45, 2.75) is 65.2 Å². The van der Waals surface area contributed by atoms with Gasteiger partial charge in [0.05, 0.1) is 11.5 Å². The van der Waals surface area contributed by atoms with Gasteiger partial charge in [0.2, 0.25) is 0 Å². The molecular formula is C14H25N. The Bertz CT molecular complexity index is 202. The van der Waals surface area contributed by atoms with Crippen LogP contribution >= 0.6 is 0 Å². The molecule has 0 rings (SSSR count). The lowest BCUT2D eigenvalue weighted by atomic mass is 9.86. The van der Waals surface area contributed by atoms with Crippen molar-refractivity contribution in [3.05, 3.63) is 12.7 Å². The van der Waals surface area contributed by atoms with Gasteiger partial charge in [-0.2, -0.15) is 5.26 Å². The molecule has 1 nitrogen and oxygen atoms in total. The van der Waals surface area contributed by atoms with Gasteiger partial charge in [0.1, 0.15) is 0 Å². The highest BCUT2D eigenvalue weighted by molar-refractivity contribution is 5.06. The van der Waals surface area contributed by atoms with E-state index in [1.807, 2.05) is 6.92 Å². The normalized spacial score (nSPS) is 14.2. The van der Waals surface area contributed by atoms with E-state index in [9.17, 15) is 0 Å². The standard InChI is InChI=1S/C14H25N/c1-4-6-7-8-9-10-11-12-14(3,5-2)13-15/h5H,2,4,6-12H2,1,3H3. The van der Waals surface area contributed by atoms with Gasteiger partial charge in [0.25, 0.3) is 0 Å². The predicted octanol–water partition coefficient (Wildman–Crippen LogP) is 4.84. The Morgan fingerprint density at radius 1 is 1.13 bits per heavy atom. The van der Waals surface area contributed by atoms with Gasteiger partial charge in [0, 0.05) is 0 Å². The minimum atomic E-state index is -0.302. The molecule has 0 aromatic heterocycles. The van der Waals surface area contributed by atoms with E-state index in [1.54, 1.807) is 6.08 Å². The molecule has 0 saturated carbocycles. The second kappa shape index (κ2) is 8.53. The van der Waals surface area contributed by atoms with E-state index in [-0.39, 0.29) is 5.41 Å². The zero-order valence-corrected chi connectivity index (χ0v) is 10.4. The molecule has 86 valence electrons. The van der Waals surface area contributed by atoms with Gasteiger partial charge in [0.15, 0.2) is 0 Å². The fraction of sp³-hybridized carbons (Fsp3) is 0.786. The first-order chi connectivity index (χ1) is 7.18. The first-order valence-corrected chi connectivity index (χ1v) is 6.23. The third kappa shape index (κ3) is 7.19. The Morgan fingerprint density at radius 2 is 1.67 bits per heavy atom. The van der Waals surface area contributed by atoms with Crippen LogP contribution in [0.4, 0.5) is 0 Å². The molecule has 0 amide bonds. The average molecular weight is 207 g/mol. The maximum atomic E-state index is 8.94. The number of nitriles is 1. The van der Waals surface area contributed by atoms with E-state index in [0.717, 1.165) is 12.8 Å². The third-order valence-electron chi connectivity index (χ3n) is 3.01. The largest absolute Gasteiger partial charge is 0.197 e. The molecule has 0 spiro atoms. The Labute approximate surface area is 95.2 Å². The fourth-order valence-corrected chi connectivity index (χ4v) is 1.65. The van der Waals surface area contributed by atoms with E-state index >= 15 is 0 Å². The summed E-state index contributed by atoms with van der Waals surface area (Å²) in [6.07, 6.45) is 11.9. The van der Waals surface area contributed by atoms with Gasteiger partial charge < -0.3 is 0 Å². The van der Waals surface area contributed by atoms with Crippen LogP contribution < -0.4 is 0 Å². The topological polar surface area (TPSA) is 23.8 Å². The van der Waals surface area contributed by atoms with Crippen LogP contribution in [0.2, 0.25) is 0 Å². The minimum absolute atomic E-state index is 0.302. The lowest BCUT2D eigenvalue weighted by molar-refractivity contribution is 0.466. The van der Waals surface area contributed by atoms with Gasteiger partial charge in [-0.3, -0.25) is 0 Å². The second-order valence-corrected chi connectivity index (χ2v) is 4.60. The molecule has 0 aliphatic heterocycles. The molecule has 1 atom stereocenters. The molecule has 1 heteroatoms. The van der Waals surface area contributed by atoms with Crippen LogP contribution in [0.3, 0.4) is 0 Å². The van der Waals surface area contributed by atoms with Crippen LogP contribution in [0.25, 0.3) is 0 Å². The zero-order chi connectivity index (χ0) is 11.6. The summed E-state index contributed by atoms with van der Waals surface area (Å²) in [6, 6.07) is 2.32. The molecular weight excluding hydrogens is 182 g/mol. The van der Waals surface area contributed by atoms with Gasteiger partial charge in [-0.05, 0) is 13.3 Å². The number of hydrogen-bond donors (Lipinski definition) is 0. The summed E-state index contributed by atoms with van der Waals surface area (Å²) in [5.41, 5.74) is -0.302. The zero-order valence-electron chi connectivity index (χ0n) is 10.4. The summed E-state index contributed by atoms with van der Waals surface area (Å²) < 4.78 is 0. The summed E-state index contributed by atoms with van der Waals surface area (Å²) in [6.45, 7) is 7.93. The average Bonchev–Trinajstić information content (AvgIpc) is 2.27. The maximum absolute atomic E-state index is 8.94. The van der Waals surface area contributed by atoms with Crippen molar-refractivity contribution in [1.29, 1.82) is 5.26 Å².